The van der Waals surface area contributed by atoms with Crippen LogP contribution in [0.3, 0.4) is 0 Å². The van der Waals surface area contributed by atoms with Gasteiger partial charge in [-0.3, -0.25) is 19.1 Å². The van der Waals surface area contributed by atoms with Crippen molar-refractivity contribution in [3.63, 3.8) is 0 Å². The molecule has 2 aromatic rings. The van der Waals surface area contributed by atoms with Crippen LogP contribution in [0.1, 0.15) is 86.5 Å². The van der Waals surface area contributed by atoms with Crippen molar-refractivity contribution >= 4 is 46.1 Å². The topological polar surface area (TPSA) is 138 Å². The second-order valence-electron chi connectivity index (χ2n) is 9.50. The molecule has 190 valence electrons. The third kappa shape index (κ3) is 6.30. The van der Waals surface area contributed by atoms with E-state index in [1.165, 1.54) is 0 Å². The molecule has 1 fully saturated rings. The summed E-state index contributed by atoms with van der Waals surface area (Å²) in [5.41, 5.74) is 6.22. The maximum Gasteiger partial charge on any atom is 0.309 e. The lowest BCUT2D eigenvalue weighted by molar-refractivity contribution is -0.164. The van der Waals surface area contributed by atoms with Gasteiger partial charge in [-0.25, -0.2) is 4.98 Å². The van der Waals surface area contributed by atoms with E-state index in [1.54, 1.807) is 16.9 Å². The maximum atomic E-state index is 13.2. The Hall–Kier alpha value is -2.70. The van der Waals surface area contributed by atoms with E-state index in [2.05, 4.69) is 38.0 Å². The molecule has 0 atom stereocenters. The number of amides is 2. The summed E-state index contributed by atoms with van der Waals surface area (Å²) in [5, 5.41) is 7.26. The maximum absolute atomic E-state index is 13.2. The molecule has 1 saturated carbocycles. The summed E-state index contributed by atoms with van der Waals surface area (Å²) in [6.45, 7) is 9.78. The van der Waals surface area contributed by atoms with E-state index in [-0.39, 0.29) is 40.8 Å². The number of ether oxygens (including phenoxy) is 2. The number of carbonyl (C=O) groups is 3. The van der Waals surface area contributed by atoms with Crippen molar-refractivity contribution < 1.29 is 23.9 Å². The number of esters is 1. The third-order valence-corrected chi connectivity index (χ3v) is 6.11. The van der Waals surface area contributed by atoms with E-state index in [0.29, 0.717) is 31.6 Å². The van der Waals surface area contributed by atoms with E-state index in [0.717, 1.165) is 9.99 Å². The van der Waals surface area contributed by atoms with Gasteiger partial charge in [0.15, 0.2) is 5.69 Å². The fourth-order valence-corrected chi connectivity index (χ4v) is 4.31. The first-order valence-corrected chi connectivity index (χ1v) is 12.8. The molecule has 2 aromatic heterocycles. The van der Waals surface area contributed by atoms with Crippen LogP contribution in [-0.4, -0.2) is 44.8 Å². The van der Waals surface area contributed by atoms with Crippen molar-refractivity contribution in [3.8, 4) is 5.88 Å². The van der Waals surface area contributed by atoms with Gasteiger partial charge in [0.1, 0.15) is 11.2 Å². The van der Waals surface area contributed by atoms with Crippen molar-refractivity contribution in [2.75, 3.05) is 11.9 Å². The Morgan fingerprint density at radius 3 is 2.51 bits per heavy atom. The average Bonchev–Trinajstić information content (AvgIpc) is 3.08. The van der Waals surface area contributed by atoms with Gasteiger partial charge in [0.05, 0.1) is 29.9 Å². The Kier molecular flexibility index (Phi) is 8.39. The first-order chi connectivity index (χ1) is 16.4. The molecule has 1 aliphatic rings. The van der Waals surface area contributed by atoms with Gasteiger partial charge in [-0.15, -0.1) is 0 Å². The fraction of sp³-hybridized carbons (Fsp3) is 0.542. The molecule has 11 heteroatoms. The van der Waals surface area contributed by atoms with Crippen LogP contribution in [0.2, 0.25) is 0 Å². The van der Waals surface area contributed by atoms with Gasteiger partial charge >= 0.3 is 5.97 Å². The zero-order valence-corrected chi connectivity index (χ0v) is 22.8. The van der Waals surface area contributed by atoms with Crippen LogP contribution in [-0.2, 0) is 16.0 Å². The number of primary amides is 1. The second kappa shape index (κ2) is 10.9. The van der Waals surface area contributed by atoms with E-state index in [9.17, 15) is 14.4 Å². The number of nitrogens with zero attached hydrogens (tertiary/aromatic N) is 3. The van der Waals surface area contributed by atoms with Crippen LogP contribution < -0.4 is 15.8 Å². The highest BCUT2D eigenvalue weighted by molar-refractivity contribution is 14.1. The monoisotopic (exact) mass is 597 g/mol. The first kappa shape index (κ1) is 26.9. The highest BCUT2D eigenvalue weighted by Gasteiger charge is 2.40. The van der Waals surface area contributed by atoms with Gasteiger partial charge in [-0.2, -0.15) is 5.10 Å². The van der Waals surface area contributed by atoms with Crippen molar-refractivity contribution in [1.82, 2.24) is 14.8 Å². The number of anilines is 1. The molecule has 0 saturated heterocycles. The number of rotatable bonds is 9. The summed E-state index contributed by atoms with van der Waals surface area (Å²) in [6, 6.07) is 1.57. The van der Waals surface area contributed by atoms with Crippen molar-refractivity contribution in [3.05, 3.63) is 32.8 Å². The molecular weight excluding hydrogens is 565 g/mol. The minimum atomic E-state index is -0.750. The van der Waals surface area contributed by atoms with Crippen LogP contribution >= 0.6 is 22.6 Å². The first-order valence-electron chi connectivity index (χ1n) is 11.7. The van der Waals surface area contributed by atoms with Crippen LogP contribution in [0.15, 0.2) is 12.3 Å². The van der Waals surface area contributed by atoms with E-state index >= 15 is 0 Å². The zero-order chi connectivity index (χ0) is 25.9. The minimum Gasteiger partial charge on any atom is -0.477 e. The molecule has 2 heterocycles. The van der Waals surface area contributed by atoms with E-state index in [1.807, 2.05) is 34.6 Å². The standard InChI is InChI=1S/C24H32IN5O5/c1-6-8-34-22-16(11-14(25)12-27-22)21(32)28-18-17(7-2)30(29-19(18)20(26)31)15-9-13(10-15)23(33)35-24(3,4)5/h11-13,15H,6-10H2,1-5H3,(H2,26,31)(H,28,32). The summed E-state index contributed by atoms with van der Waals surface area (Å²) in [6.07, 6.45) is 3.94. The average molecular weight is 597 g/mol. The molecule has 0 unspecified atom stereocenters. The quantitative estimate of drug-likeness (QED) is 0.331. The Labute approximate surface area is 218 Å². The highest BCUT2D eigenvalue weighted by atomic mass is 127. The Balaban J connectivity index is 1.87. The van der Waals surface area contributed by atoms with Gasteiger partial charge in [0, 0.05) is 9.77 Å². The van der Waals surface area contributed by atoms with Gasteiger partial charge in [-0.1, -0.05) is 13.8 Å². The van der Waals surface area contributed by atoms with Gasteiger partial charge in [-0.05, 0) is 75.1 Å². The molecule has 0 aliphatic heterocycles. The number of pyridine rings is 1. The molecule has 0 radical (unpaired) electrons. The van der Waals surface area contributed by atoms with Crippen molar-refractivity contribution in [1.29, 1.82) is 0 Å². The zero-order valence-electron chi connectivity index (χ0n) is 20.7. The Bertz CT molecular complexity index is 1120. The lowest BCUT2D eigenvalue weighted by atomic mass is 9.80. The molecule has 3 rings (SSSR count). The molecule has 3 N–H and O–H groups in total. The second-order valence-corrected chi connectivity index (χ2v) is 10.7. The lowest BCUT2D eigenvalue weighted by Gasteiger charge is -2.36. The molecule has 0 spiro atoms. The van der Waals surface area contributed by atoms with Crippen LogP contribution in [0.5, 0.6) is 5.88 Å². The summed E-state index contributed by atoms with van der Waals surface area (Å²) < 4.78 is 13.6. The summed E-state index contributed by atoms with van der Waals surface area (Å²) >= 11 is 2.07. The smallest absolute Gasteiger partial charge is 0.309 e. The van der Waals surface area contributed by atoms with Gasteiger partial charge in [0.25, 0.3) is 11.8 Å². The molecule has 2 amide bonds. The fourth-order valence-electron chi connectivity index (χ4n) is 3.86. The lowest BCUT2D eigenvalue weighted by Crippen LogP contribution is -2.38. The summed E-state index contributed by atoms with van der Waals surface area (Å²) in [4.78, 5) is 42.1. The predicted molar refractivity (Wildman–Crippen MR) is 138 cm³/mol. The predicted octanol–water partition coefficient (Wildman–Crippen LogP) is 3.88. The molecule has 35 heavy (non-hydrogen) atoms. The number of nitrogens with one attached hydrogen (secondary N) is 1. The number of hydrogen-bond acceptors (Lipinski definition) is 7. The van der Waals surface area contributed by atoms with E-state index in [4.69, 9.17) is 15.2 Å². The number of carbonyl (C=O) groups excluding carboxylic acids is 3. The number of aromatic nitrogens is 3. The number of nitrogens with two attached hydrogens (primary N) is 1. The van der Waals surface area contributed by atoms with Crippen LogP contribution in [0, 0.1) is 9.49 Å². The minimum absolute atomic E-state index is 0.0227. The number of halogens is 1. The molecular formula is C24H32IN5O5. The summed E-state index contributed by atoms with van der Waals surface area (Å²) in [7, 11) is 0. The van der Waals surface area contributed by atoms with Crippen molar-refractivity contribution in [2.45, 2.75) is 71.9 Å². The molecule has 0 aromatic carbocycles. The number of hydrogen-bond donors (Lipinski definition) is 2. The molecule has 10 nitrogen and oxygen atoms in total. The van der Waals surface area contributed by atoms with Gasteiger partial charge in [0.2, 0.25) is 5.88 Å². The molecule has 0 bridgehead atoms. The largest absolute Gasteiger partial charge is 0.477 e. The normalized spacial score (nSPS) is 17.4. The van der Waals surface area contributed by atoms with Gasteiger partial charge < -0.3 is 20.5 Å². The van der Waals surface area contributed by atoms with Crippen LogP contribution in [0.4, 0.5) is 5.69 Å². The Morgan fingerprint density at radius 1 is 1.26 bits per heavy atom. The van der Waals surface area contributed by atoms with E-state index < -0.39 is 17.4 Å². The SMILES string of the molecule is CCCOc1ncc(I)cc1C(=O)Nc1c(C(N)=O)nn(C2CC(C(=O)OC(C)(C)C)C2)c1CC. The Morgan fingerprint density at radius 2 is 1.94 bits per heavy atom. The third-order valence-electron chi connectivity index (χ3n) is 5.52. The molecule has 1 aliphatic carbocycles. The highest BCUT2D eigenvalue weighted by Crippen LogP contribution is 2.41. The van der Waals surface area contributed by atoms with Crippen molar-refractivity contribution in [2.24, 2.45) is 11.7 Å². The summed E-state index contributed by atoms with van der Waals surface area (Å²) in [5.74, 6) is -1.48. The van der Waals surface area contributed by atoms with Crippen LogP contribution in [0.25, 0.3) is 0 Å².